The third-order valence-electron chi connectivity index (χ3n) is 4.12. The van der Waals surface area contributed by atoms with Crippen LogP contribution in [0.15, 0.2) is 24.3 Å². The average molecular weight is 328 g/mol. The number of benzene rings is 1. The van der Waals surface area contributed by atoms with E-state index in [1.807, 2.05) is 45.0 Å². The SMILES string of the molecule is CC(C)Oc1ccc(C(C)NC(=O)c2n[nH]c3c2CNCC3)cc1. The van der Waals surface area contributed by atoms with Crippen LogP contribution in [0, 0.1) is 0 Å². The van der Waals surface area contributed by atoms with Crippen molar-refractivity contribution in [3.63, 3.8) is 0 Å². The summed E-state index contributed by atoms with van der Waals surface area (Å²) in [4.78, 5) is 12.5. The lowest BCUT2D eigenvalue weighted by Crippen LogP contribution is -2.30. The Balaban J connectivity index is 1.67. The summed E-state index contributed by atoms with van der Waals surface area (Å²) < 4.78 is 5.64. The van der Waals surface area contributed by atoms with Crippen LogP contribution < -0.4 is 15.4 Å². The highest BCUT2D eigenvalue weighted by molar-refractivity contribution is 5.94. The fraction of sp³-hybridized carbons (Fsp3) is 0.444. The van der Waals surface area contributed by atoms with Gasteiger partial charge in [-0.25, -0.2) is 0 Å². The normalized spacial score (nSPS) is 15.0. The van der Waals surface area contributed by atoms with Gasteiger partial charge in [-0.2, -0.15) is 5.10 Å². The second-order valence-electron chi connectivity index (χ2n) is 6.39. The van der Waals surface area contributed by atoms with E-state index in [2.05, 4.69) is 20.8 Å². The zero-order chi connectivity index (χ0) is 17.1. The molecule has 0 bridgehead atoms. The van der Waals surface area contributed by atoms with Gasteiger partial charge in [-0.15, -0.1) is 0 Å². The fourth-order valence-corrected chi connectivity index (χ4v) is 2.87. The number of ether oxygens (including phenoxy) is 1. The fourth-order valence-electron chi connectivity index (χ4n) is 2.87. The Labute approximate surface area is 142 Å². The molecule has 1 atom stereocenters. The van der Waals surface area contributed by atoms with Crippen LogP contribution in [0.2, 0.25) is 0 Å². The maximum Gasteiger partial charge on any atom is 0.272 e. The number of fused-ring (bicyclic) bond motifs is 1. The summed E-state index contributed by atoms with van der Waals surface area (Å²) in [5, 5.41) is 13.5. The van der Waals surface area contributed by atoms with Crippen molar-refractivity contribution < 1.29 is 9.53 Å². The van der Waals surface area contributed by atoms with Crippen molar-refractivity contribution in [3.8, 4) is 5.75 Å². The van der Waals surface area contributed by atoms with Crippen molar-refractivity contribution in [2.75, 3.05) is 6.54 Å². The smallest absolute Gasteiger partial charge is 0.272 e. The Morgan fingerprint density at radius 1 is 1.25 bits per heavy atom. The summed E-state index contributed by atoms with van der Waals surface area (Å²) in [5.74, 6) is 0.686. The standard InChI is InChI=1S/C18H24N4O2/c1-11(2)24-14-6-4-13(5-7-14)12(3)20-18(23)17-15-10-19-9-8-16(15)21-22-17/h4-7,11-12,19H,8-10H2,1-3H3,(H,20,23)(H,21,22). The van der Waals surface area contributed by atoms with Gasteiger partial charge in [-0.3, -0.25) is 9.89 Å². The van der Waals surface area contributed by atoms with Crippen LogP contribution in [-0.4, -0.2) is 28.8 Å². The Hall–Kier alpha value is -2.34. The number of H-pyrrole nitrogens is 1. The molecule has 0 aliphatic carbocycles. The maximum atomic E-state index is 12.5. The Morgan fingerprint density at radius 2 is 2.00 bits per heavy atom. The second kappa shape index (κ2) is 7.05. The molecular formula is C18H24N4O2. The van der Waals surface area contributed by atoms with Crippen molar-refractivity contribution in [1.82, 2.24) is 20.8 Å². The van der Waals surface area contributed by atoms with Crippen LogP contribution in [0.25, 0.3) is 0 Å². The van der Waals surface area contributed by atoms with Crippen molar-refractivity contribution in [1.29, 1.82) is 0 Å². The highest BCUT2D eigenvalue weighted by Crippen LogP contribution is 2.20. The topological polar surface area (TPSA) is 79.0 Å². The number of nitrogens with zero attached hydrogens (tertiary/aromatic N) is 1. The van der Waals surface area contributed by atoms with Crippen LogP contribution in [0.4, 0.5) is 0 Å². The number of aromatic nitrogens is 2. The summed E-state index contributed by atoms with van der Waals surface area (Å²) in [5.41, 5.74) is 3.55. The van der Waals surface area contributed by atoms with Gasteiger partial charge >= 0.3 is 0 Å². The minimum absolute atomic E-state index is 0.102. The van der Waals surface area contributed by atoms with Gasteiger partial charge in [0.1, 0.15) is 5.75 Å². The highest BCUT2D eigenvalue weighted by atomic mass is 16.5. The molecule has 3 rings (SSSR count). The van der Waals surface area contributed by atoms with Crippen molar-refractivity contribution in [2.45, 2.75) is 45.9 Å². The van der Waals surface area contributed by atoms with Gasteiger partial charge in [-0.1, -0.05) is 12.1 Å². The minimum Gasteiger partial charge on any atom is -0.491 e. The lowest BCUT2D eigenvalue weighted by molar-refractivity contribution is 0.0933. The number of nitrogens with one attached hydrogen (secondary N) is 3. The molecule has 1 unspecified atom stereocenters. The zero-order valence-corrected chi connectivity index (χ0v) is 14.3. The van der Waals surface area contributed by atoms with Crippen LogP contribution in [0.3, 0.4) is 0 Å². The van der Waals surface area contributed by atoms with Gasteiger partial charge in [0.15, 0.2) is 5.69 Å². The minimum atomic E-state index is -0.147. The number of carbonyl (C=O) groups excluding carboxylic acids is 1. The summed E-state index contributed by atoms with van der Waals surface area (Å²) in [6.07, 6.45) is 1.02. The highest BCUT2D eigenvalue weighted by Gasteiger charge is 2.22. The van der Waals surface area contributed by atoms with Gasteiger partial charge in [-0.05, 0) is 38.5 Å². The number of rotatable bonds is 5. The third kappa shape index (κ3) is 3.59. The second-order valence-corrected chi connectivity index (χ2v) is 6.39. The first-order chi connectivity index (χ1) is 11.5. The number of carbonyl (C=O) groups is 1. The molecule has 128 valence electrons. The third-order valence-corrected chi connectivity index (χ3v) is 4.12. The molecule has 1 amide bonds. The van der Waals surface area contributed by atoms with Gasteiger partial charge in [0.05, 0.1) is 12.1 Å². The van der Waals surface area contributed by atoms with E-state index >= 15 is 0 Å². The quantitative estimate of drug-likeness (QED) is 0.787. The summed E-state index contributed by atoms with van der Waals surface area (Å²) >= 11 is 0. The average Bonchev–Trinajstić information content (AvgIpc) is 2.99. The first-order valence-corrected chi connectivity index (χ1v) is 8.39. The van der Waals surface area contributed by atoms with Crippen molar-refractivity contribution in [2.24, 2.45) is 0 Å². The van der Waals surface area contributed by atoms with Crippen molar-refractivity contribution >= 4 is 5.91 Å². The number of amides is 1. The van der Waals surface area contributed by atoms with E-state index < -0.39 is 0 Å². The van der Waals surface area contributed by atoms with E-state index in [-0.39, 0.29) is 18.1 Å². The molecule has 24 heavy (non-hydrogen) atoms. The van der Waals surface area contributed by atoms with Crippen LogP contribution in [0.1, 0.15) is 54.1 Å². The van der Waals surface area contributed by atoms with E-state index in [1.54, 1.807) is 0 Å². The van der Waals surface area contributed by atoms with Crippen molar-refractivity contribution in [3.05, 3.63) is 46.8 Å². The van der Waals surface area contributed by atoms with E-state index in [0.717, 1.165) is 35.5 Å². The van der Waals surface area contributed by atoms with Crippen LogP contribution in [-0.2, 0) is 13.0 Å². The number of aromatic amines is 1. The molecule has 6 heteroatoms. The predicted molar refractivity (Wildman–Crippen MR) is 92.1 cm³/mol. The molecule has 6 nitrogen and oxygen atoms in total. The van der Waals surface area contributed by atoms with Gasteiger partial charge in [0, 0.05) is 30.8 Å². The molecule has 2 heterocycles. The molecule has 1 aliphatic heterocycles. The molecule has 2 aromatic rings. The first-order valence-electron chi connectivity index (χ1n) is 8.39. The molecule has 0 saturated heterocycles. The van der Waals surface area contributed by atoms with E-state index in [9.17, 15) is 4.79 Å². The number of hydrogen-bond donors (Lipinski definition) is 3. The summed E-state index contributed by atoms with van der Waals surface area (Å²) in [6.45, 7) is 7.56. The maximum absolute atomic E-state index is 12.5. The molecule has 1 aromatic heterocycles. The Bertz CT molecular complexity index is 706. The molecular weight excluding hydrogens is 304 g/mol. The number of hydrogen-bond acceptors (Lipinski definition) is 4. The molecule has 3 N–H and O–H groups in total. The Morgan fingerprint density at radius 3 is 2.71 bits per heavy atom. The van der Waals surface area contributed by atoms with E-state index in [0.29, 0.717) is 12.2 Å². The van der Waals surface area contributed by atoms with Gasteiger partial charge in [0.25, 0.3) is 5.91 Å². The molecule has 0 saturated carbocycles. The molecule has 0 spiro atoms. The predicted octanol–water partition coefficient (Wildman–Crippen LogP) is 2.33. The Kier molecular flexibility index (Phi) is 4.85. The molecule has 0 radical (unpaired) electrons. The lowest BCUT2D eigenvalue weighted by Gasteiger charge is -2.16. The molecule has 1 aliphatic rings. The first kappa shape index (κ1) is 16.5. The zero-order valence-electron chi connectivity index (χ0n) is 14.3. The summed E-state index contributed by atoms with van der Waals surface area (Å²) in [6, 6.07) is 7.71. The summed E-state index contributed by atoms with van der Waals surface area (Å²) in [7, 11) is 0. The monoisotopic (exact) mass is 328 g/mol. The van der Waals surface area contributed by atoms with Crippen LogP contribution in [0.5, 0.6) is 5.75 Å². The molecule has 1 aromatic carbocycles. The lowest BCUT2D eigenvalue weighted by atomic mass is 10.1. The van der Waals surface area contributed by atoms with Gasteiger partial charge in [0.2, 0.25) is 0 Å². The largest absolute Gasteiger partial charge is 0.491 e. The van der Waals surface area contributed by atoms with Gasteiger partial charge < -0.3 is 15.4 Å². The van der Waals surface area contributed by atoms with E-state index in [4.69, 9.17) is 4.74 Å². The van der Waals surface area contributed by atoms with E-state index in [1.165, 1.54) is 0 Å². The van der Waals surface area contributed by atoms with Crippen LogP contribution >= 0.6 is 0 Å². The molecule has 0 fully saturated rings.